The van der Waals surface area contributed by atoms with E-state index in [4.69, 9.17) is 14.2 Å². The Bertz CT molecular complexity index is 717. The van der Waals surface area contributed by atoms with Crippen molar-refractivity contribution in [2.45, 2.75) is 128 Å². The minimum absolute atomic E-state index is 0.0324. The van der Waals surface area contributed by atoms with Crippen LogP contribution in [-0.2, 0) is 19.0 Å². The first-order valence-electron chi connectivity index (χ1n) is 13.5. The Labute approximate surface area is 200 Å². The van der Waals surface area contributed by atoms with E-state index >= 15 is 0 Å². The zero-order chi connectivity index (χ0) is 23.8. The van der Waals surface area contributed by atoms with Crippen molar-refractivity contribution < 1.29 is 24.1 Å². The molecule has 3 aliphatic heterocycles. The quantitative estimate of drug-likeness (QED) is 0.304. The van der Waals surface area contributed by atoms with Crippen molar-refractivity contribution in [2.24, 2.45) is 23.7 Å². The molecule has 9 atom stereocenters. The number of rotatable bonds is 7. The summed E-state index contributed by atoms with van der Waals surface area (Å²) in [6.07, 6.45) is 9.72. The van der Waals surface area contributed by atoms with Gasteiger partial charge in [-0.25, -0.2) is 0 Å². The van der Waals surface area contributed by atoms with Crippen LogP contribution in [0.2, 0.25) is 0 Å². The molecule has 4 rings (SSSR count). The Morgan fingerprint density at radius 1 is 1.24 bits per heavy atom. The van der Waals surface area contributed by atoms with E-state index in [0.717, 1.165) is 44.9 Å². The average Bonchev–Trinajstić information content (AvgIpc) is 3.12. The number of ether oxygens (including phenoxy) is 3. The third-order valence-electron chi connectivity index (χ3n) is 9.25. The van der Waals surface area contributed by atoms with E-state index in [1.165, 1.54) is 18.4 Å². The van der Waals surface area contributed by atoms with Crippen molar-refractivity contribution >= 4 is 5.97 Å². The molecule has 188 valence electrons. The van der Waals surface area contributed by atoms with Gasteiger partial charge in [-0.05, 0) is 70.1 Å². The van der Waals surface area contributed by atoms with Gasteiger partial charge in [-0.2, -0.15) is 0 Å². The highest BCUT2D eigenvalue weighted by Gasteiger charge is 2.66. The molecule has 1 N–H and O–H groups in total. The summed E-state index contributed by atoms with van der Waals surface area (Å²) in [5.41, 5.74) is -0.277. The first kappa shape index (κ1) is 25.2. The zero-order valence-electron chi connectivity index (χ0n) is 21.3. The largest absolute Gasteiger partial charge is 0.459 e. The highest BCUT2D eigenvalue weighted by atomic mass is 16.6. The first-order chi connectivity index (χ1) is 15.7. The second kappa shape index (κ2) is 9.99. The van der Waals surface area contributed by atoms with E-state index < -0.39 is 11.7 Å². The van der Waals surface area contributed by atoms with Crippen LogP contribution >= 0.6 is 0 Å². The van der Waals surface area contributed by atoms with Gasteiger partial charge in [0.1, 0.15) is 11.7 Å². The van der Waals surface area contributed by atoms with E-state index in [1.54, 1.807) is 0 Å². The maximum absolute atomic E-state index is 12.8. The molecule has 0 aromatic heterocycles. The van der Waals surface area contributed by atoms with Gasteiger partial charge in [-0.1, -0.05) is 51.7 Å². The Hall–Kier alpha value is -0.910. The summed E-state index contributed by atoms with van der Waals surface area (Å²) in [7, 11) is 0. The van der Waals surface area contributed by atoms with Crippen molar-refractivity contribution in [3.63, 3.8) is 0 Å². The molecular weight excluding hydrogens is 416 g/mol. The Morgan fingerprint density at radius 3 is 2.76 bits per heavy atom. The number of unbranched alkanes of at least 4 members (excludes halogenated alkanes) is 4. The van der Waals surface area contributed by atoms with E-state index in [1.807, 2.05) is 6.92 Å². The highest BCUT2D eigenvalue weighted by molar-refractivity contribution is 5.69. The lowest BCUT2D eigenvalue weighted by atomic mass is 9.57. The molecule has 0 spiro atoms. The van der Waals surface area contributed by atoms with E-state index in [9.17, 15) is 9.90 Å². The Kier molecular flexibility index (Phi) is 7.62. The summed E-state index contributed by atoms with van der Waals surface area (Å²) in [4.78, 5) is 12.8. The predicted octanol–water partition coefficient (Wildman–Crippen LogP) is 5.58. The van der Waals surface area contributed by atoms with Crippen molar-refractivity contribution in [1.82, 2.24) is 0 Å². The standard InChI is InChI=1S/C28H46O5/c1-6-7-8-9-10-13-23(29)33-22-16-20-19(3)17-31-27(4)14-11-12-18(2)15-21-25(28(22,5)30)24(20)26(27)32-21/h19-22,24-26,30H,2,6-17H2,1,3-5H3. The average molecular weight is 463 g/mol. The molecular formula is C28H46O5. The summed E-state index contributed by atoms with van der Waals surface area (Å²) < 4.78 is 19.4. The second-order valence-corrected chi connectivity index (χ2v) is 11.9. The molecule has 4 aliphatic rings. The van der Waals surface area contributed by atoms with Crippen LogP contribution in [-0.4, -0.2) is 47.2 Å². The fraction of sp³-hybridized carbons (Fsp3) is 0.893. The molecule has 33 heavy (non-hydrogen) atoms. The lowest BCUT2D eigenvalue weighted by Gasteiger charge is -2.51. The molecule has 3 saturated heterocycles. The van der Waals surface area contributed by atoms with Crippen LogP contribution in [0.3, 0.4) is 0 Å². The smallest absolute Gasteiger partial charge is 0.306 e. The van der Waals surface area contributed by atoms with E-state index in [2.05, 4.69) is 27.4 Å². The van der Waals surface area contributed by atoms with Gasteiger partial charge in [0.05, 0.1) is 24.4 Å². The van der Waals surface area contributed by atoms with Crippen molar-refractivity contribution in [3.05, 3.63) is 12.2 Å². The molecule has 5 nitrogen and oxygen atoms in total. The lowest BCUT2D eigenvalue weighted by Crippen LogP contribution is -2.60. The summed E-state index contributed by atoms with van der Waals surface area (Å²) in [6, 6.07) is 0. The van der Waals surface area contributed by atoms with Crippen molar-refractivity contribution in [1.29, 1.82) is 0 Å². The van der Waals surface area contributed by atoms with Crippen LogP contribution < -0.4 is 0 Å². The van der Waals surface area contributed by atoms with Gasteiger partial charge >= 0.3 is 5.97 Å². The number of carbonyl (C=O) groups is 1. The van der Waals surface area contributed by atoms with Crippen LogP contribution in [0.4, 0.5) is 0 Å². The maximum Gasteiger partial charge on any atom is 0.306 e. The zero-order valence-corrected chi connectivity index (χ0v) is 21.3. The van der Waals surface area contributed by atoms with E-state index in [-0.39, 0.29) is 35.6 Å². The molecule has 1 saturated carbocycles. The number of esters is 1. The minimum Gasteiger partial charge on any atom is -0.459 e. The number of carbonyl (C=O) groups excluding carboxylic acids is 1. The van der Waals surface area contributed by atoms with Crippen LogP contribution in [0.1, 0.15) is 98.3 Å². The number of hydrogen-bond acceptors (Lipinski definition) is 5. The molecule has 0 radical (unpaired) electrons. The highest BCUT2D eigenvalue weighted by Crippen LogP contribution is 2.59. The van der Waals surface area contributed by atoms with Crippen LogP contribution in [0, 0.1) is 23.7 Å². The molecule has 3 heterocycles. The van der Waals surface area contributed by atoms with Gasteiger partial charge in [-0.3, -0.25) is 4.79 Å². The Balaban J connectivity index is 1.56. The topological polar surface area (TPSA) is 65.0 Å². The summed E-state index contributed by atoms with van der Waals surface area (Å²) in [5, 5.41) is 11.9. The summed E-state index contributed by atoms with van der Waals surface area (Å²) >= 11 is 0. The van der Waals surface area contributed by atoms with Gasteiger partial charge in [0.15, 0.2) is 0 Å². The molecule has 9 unspecified atom stereocenters. The van der Waals surface area contributed by atoms with Crippen LogP contribution in [0.25, 0.3) is 0 Å². The van der Waals surface area contributed by atoms with E-state index in [0.29, 0.717) is 31.3 Å². The summed E-state index contributed by atoms with van der Waals surface area (Å²) in [5.74, 6) is 0.598. The van der Waals surface area contributed by atoms with Crippen molar-refractivity contribution in [3.8, 4) is 0 Å². The van der Waals surface area contributed by atoms with Gasteiger partial charge in [0.2, 0.25) is 0 Å². The third-order valence-corrected chi connectivity index (χ3v) is 9.25. The van der Waals surface area contributed by atoms with Crippen LogP contribution in [0.15, 0.2) is 12.2 Å². The molecule has 4 fully saturated rings. The monoisotopic (exact) mass is 462 g/mol. The normalized spacial score (nSPS) is 45.0. The fourth-order valence-corrected chi connectivity index (χ4v) is 7.33. The second-order valence-electron chi connectivity index (χ2n) is 11.9. The van der Waals surface area contributed by atoms with Crippen molar-refractivity contribution in [2.75, 3.05) is 6.61 Å². The summed E-state index contributed by atoms with van der Waals surface area (Å²) in [6.45, 7) is 13.5. The predicted molar refractivity (Wildman–Crippen MR) is 129 cm³/mol. The molecule has 0 aromatic rings. The molecule has 0 amide bonds. The number of hydrogen-bond donors (Lipinski definition) is 1. The third kappa shape index (κ3) is 4.92. The lowest BCUT2D eigenvalue weighted by molar-refractivity contribution is -0.195. The van der Waals surface area contributed by atoms with Crippen LogP contribution in [0.5, 0.6) is 0 Å². The molecule has 2 bridgehead atoms. The van der Waals surface area contributed by atoms with Gasteiger partial charge in [0, 0.05) is 12.3 Å². The minimum atomic E-state index is -1.12. The Morgan fingerprint density at radius 2 is 2.00 bits per heavy atom. The number of aliphatic hydroxyl groups is 1. The SMILES string of the molecule is C=C1CCCC2(C)OCC(C)C3CC(OC(=O)CCCCCCC)C(C)(O)C4C(C1)OC2C34. The molecule has 1 aliphatic carbocycles. The number of fused-ring (bicyclic) bond motifs is 2. The van der Waals surface area contributed by atoms with Gasteiger partial charge in [0.25, 0.3) is 0 Å². The molecule has 5 heteroatoms. The van der Waals surface area contributed by atoms with Gasteiger partial charge in [-0.15, -0.1) is 0 Å². The molecule has 0 aromatic carbocycles. The maximum atomic E-state index is 12.8. The van der Waals surface area contributed by atoms with Gasteiger partial charge < -0.3 is 19.3 Å². The fourth-order valence-electron chi connectivity index (χ4n) is 7.33. The first-order valence-corrected chi connectivity index (χ1v) is 13.5.